The van der Waals surface area contributed by atoms with Gasteiger partial charge in [-0.05, 0) is 44.5 Å². The summed E-state index contributed by atoms with van der Waals surface area (Å²) in [6.07, 6.45) is 7.11. The Hall–Kier alpha value is -3.02. The van der Waals surface area contributed by atoms with Gasteiger partial charge >= 0.3 is 0 Å². The molecule has 0 aliphatic heterocycles. The van der Waals surface area contributed by atoms with Crippen molar-refractivity contribution in [3.63, 3.8) is 0 Å². The van der Waals surface area contributed by atoms with Crippen molar-refractivity contribution in [1.82, 2.24) is 14.5 Å². The second kappa shape index (κ2) is 11.7. The Kier molecular flexibility index (Phi) is 8.75. The van der Waals surface area contributed by atoms with Gasteiger partial charge in [0.25, 0.3) is 5.56 Å². The number of para-hydroxylation sites is 2. The fraction of sp³-hybridized carbons (Fsp3) is 0.444. The van der Waals surface area contributed by atoms with E-state index >= 15 is 0 Å². The zero-order valence-electron chi connectivity index (χ0n) is 19.9. The molecule has 0 aliphatic carbocycles. The maximum atomic E-state index is 14.8. The first kappa shape index (κ1) is 24.6. The van der Waals surface area contributed by atoms with Crippen LogP contribution in [0.1, 0.15) is 77.6 Å². The van der Waals surface area contributed by atoms with E-state index in [1.54, 1.807) is 41.3 Å². The predicted molar refractivity (Wildman–Crippen MR) is 131 cm³/mol. The number of nitrogens with zero attached hydrogens (tertiary/aromatic N) is 3. The van der Waals surface area contributed by atoms with E-state index in [9.17, 15) is 14.0 Å². The summed E-state index contributed by atoms with van der Waals surface area (Å²) in [5.74, 6) is -0.114. The monoisotopic (exact) mass is 451 g/mol. The molecule has 5 nitrogen and oxygen atoms in total. The number of rotatable bonds is 11. The molecular formula is C27H34FN3O2. The number of hydrogen-bond donors (Lipinski definition) is 0. The number of hydrogen-bond acceptors (Lipinski definition) is 3. The fourth-order valence-corrected chi connectivity index (χ4v) is 4.30. The molecule has 0 saturated carbocycles. The van der Waals surface area contributed by atoms with Gasteiger partial charge in [0.05, 0.1) is 22.6 Å². The minimum absolute atomic E-state index is 0.0305. The third-order valence-corrected chi connectivity index (χ3v) is 6.14. The van der Waals surface area contributed by atoms with Crippen molar-refractivity contribution in [2.24, 2.45) is 0 Å². The molecule has 1 unspecified atom stereocenters. The lowest BCUT2D eigenvalue weighted by atomic mass is 10.1. The third kappa shape index (κ3) is 5.67. The molecule has 0 N–H and O–H groups in total. The Morgan fingerprint density at radius 3 is 2.39 bits per heavy atom. The Balaban J connectivity index is 1.95. The molecule has 6 heteroatoms. The van der Waals surface area contributed by atoms with Crippen LogP contribution >= 0.6 is 0 Å². The number of carbonyl (C=O) groups excluding carboxylic acids is 1. The Labute approximate surface area is 195 Å². The van der Waals surface area contributed by atoms with Crippen molar-refractivity contribution in [2.45, 2.75) is 71.8 Å². The second-order valence-electron chi connectivity index (χ2n) is 8.45. The van der Waals surface area contributed by atoms with Crippen molar-refractivity contribution < 1.29 is 9.18 Å². The van der Waals surface area contributed by atoms with E-state index in [2.05, 4.69) is 6.92 Å². The second-order valence-corrected chi connectivity index (χ2v) is 8.45. The maximum absolute atomic E-state index is 14.8. The summed E-state index contributed by atoms with van der Waals surface area (Å²) in [6.45, 7) is 6.44. The molecule has 0 fully saturated rings. The van der Waals surface area contributed by atoms with Gasteiger partial charge in [-0.15, -0.1) is 0 Å². The lowest BCUT2D eigenvalue weighted by Gasteiger charge is -2.29. The normalized spacial score (nSPS) is 12.1. The summed E-state index contributed by atoms with van der Waals surface area (Å²) in [5, 5.41) is 0.415. The van der Waals surface area contributed by atoms with Crippen molar-refractivity contribution in [3.05, 3.63) is 70.5 Å². The van der Waals surface area contributed by atoms with Crippen LogP contribution in [0.15, 0.2) is 53.3 Å². The molecule has 0 aliphatic rings. The van der Waals surface area contributed by atoms with Crippen LogP contribution in [-0.4, -0.2) is 26.9 Å². The fourth-order valence-electron chi connectivity index (χ4n) is 4.30. The highest BCUT2D eigenvalue weighted by atomic mass is 19.1. The molecule has 3 aromatic rings. The maximum Gasteiger partial charge on any atom is 0.266 e. The highest BCUT2D eigenvalue weighted by Gasteiger charge is 2.26. The number of aromatic nitrogens is 2. The van der Waals surface area contributed by atoms with Crippen LogP contribution < -0.4 is 5.56 Å². The molecule has 1 heterocycles. The van der Waals surface area contributed by atoms with Crippen molar-refractivity contribution in [2.75, 3.05) is 6.54 Å². The number of carbonyl (C=O) groups is 1. The predicted octanol–water partition coefficient (Wildman–Crippen LogP) is 6.18. The molecule has 0 bridgehead atoms. The van der Waals surface area contributed by atoms with Crippen molar-refractivity contribution in [1.29, 1.82) is 0 Å². The minimum atomic E-state index is -0.508. The first-order valence-electron chi connectivity index (χ1n) is 12.1. The Morgan fingerprint density at radius 1 is 1.00 bits per heavy atom. The number of halogens is 1. The quantitative estimate of drug-likeness (QED) is 0.327. The molecule has 0 radical (unpaired) electrons. The zero-order chi connectivity index (χ0) is 23.8. The third-order valence-electron chi connectivity index (χ3n) is 6.14. The number of unbranched alkanes of at least 4 members (excludes halogenated alkanes) is 5. The topological polar surface area (TPSA) is 55.2 Å². The molecule has 0 spiro atoms. The van der Waals surface area contributed by atoms with E-state index in [1.165, 1.54) is 29.9 Å². The molecule has 1 amide bonds. The average molecular weight is 452 g/mol. The van der Waals surface area contributed by atoms with E-state index in [0.717, 1.165) is 19.3 Å². The lowest BCUT2D eigenvalue weighted by molar-refractivity contribution is -0.133. The van der Waals surface area contributed by atoms with Gasteiger partial charge in [-0.2, -0.15) is 0 Å². The van der Waals surface area contributed by atoms with Gasteiger partial charge in [-0.3, -0.25) is 14.2 Å². The van der Waals surface area contributed by atoms with Crippen LogP contribution in [-0.2, 0) is 4.79 Å². The average Bonchev–Trinajstić information content (AvgIpc) is 2.82. The van der Waals surface area contributed by atoms with E-state index in [1.807, 2.05) is 19.9 Å². The summed E-state index contributed by atoms with van der Waals surface area (Å²) in [7, 11) is 0. The summed E-state index contributed by atoms with van der Waals surface area (Å²) < 4.78 is 16.1. The van der Waals surface area contributed by atoms with Crippen molar-refractivity contribution in [3.8, 4) is 5.69 Å². The number of amides is 1. The van der Waals surface area contributed by atoms with Crippen LogP contribution in [0.3, 0.4) is 0 Å². The summed E-state index contributed by atoms with van der Waals surface area (Å²) in [6, 6.07) is 12.7. The Bertz CT molecular complexity index is 1140. The van der Waals surface area contributed by atoms with Gasteiger partial charge in [0, 0.05) is 13.0 Å². The van der Waals surface area contributed by atoms with Crippen LogP contribution in [0.4, 0.5) is 4.39 Å². The highest BCUT2D eigenvalue weighted by Crippen LogP contribution is 2.25. The van der Waals surface area contributed by atoms with Crippen LogP contribution in [0.5, 0.6) is 0 Å². The van der Waals surface area contributed by atoms with Gasteiger partial charge in [-0.25, -0.2) is 9.37 Å². The molecule has 1 aromatic heterocycles. The van der Waals surface area contributed by atoms with Gasteiger partial charge in [-0.1, -0.05) is 63.3 Å². The number of benzene rings is 2. The van der Waals surface area contributed by atoms with E-state index in [-0.39, 0.29) is 17.2 Å². The van der Waals surface area contributed by atoms with E-state index in [0.29, 0.717) is 29.7 Å². The van der Waals surface area contributed by atoms with Crippen LogP contribution in [0.25, 0.3) is 16.6 Å². The van der Waals surface area contributed by atoms with Crippen LogP contribution in [0, 0.1) is 5.82 Å². The van der Waals surface area contributed by atoms with Gasteiger partial charge in [0.2, 0.25) is 5.91 Å². The molecule has 1 atom stereocenters. The van der Waals surface area contributed by atoms with E-state index < -0.39 is 11.9 Å². The zero-order valence-corrected chi connectivity index (χ0v) is 19.9. The first-order chi connectivity index (χ1) is 16.0. The molecule has 176 valence electrons. The molecule has 2 aromatic carbocycles. The molecular weight excluding hydrogens is 417 g/mol. The van der Waals surface area contributed by atoms with Gasteiger partial charge in [0.15, 0.2) is 0 Å². The summed E-state index contributed by atoms with van der Waals surface area (Å²) in [4.78, 5) is 33.0. The Morgan fingerprint density at radius 2 is 1.67 bits per heavy atom. The van der Waals surface area contributed by atoms with Gasteiger partial charge < -0.3 is 4.90 Å². The molecule has 0 saturated heterocycles. The van der Waals surface area contributed by atoms with Crippen molar-refractivity contribution >= 4 is 16.8 Å². The first-order valence-corrected chi connectivity index (χ1v) is 12.1. The SMILES string of the molecule is CCCCCCCCC(=O)N(CC)C(C)c1nc2ccccc2c(=O)n1-c1ccccc1F. The minimum Gasteiger partial charge on any atom is -0.333 e. The van der Waals surface area contributed by atoms with E-state index in [4.69, 9.17) is 4.98 Å². The summed E-state index contributed by atoms with van der Waals surface area (Å²) in [5.41, 5.74) is 0.338. The van der Waals surface area contributed by atoms with Crippen LogP contribution in [0.2, 0.25) is 0 Å². The summed E-state index contributed by atoms with van der Waals surface area (Å²) >= 11 is 0. The van der Waals surface area contributed by atoms with Gasteiger partial charge in [0.1, 0.15) is 11.6 Å². The number of fused-ring (bicyclic) bond motifs is 1. The highest BCUT2D eigenvalue weighted by molar-refractivity contribution is 5.79. The smallest absolute Gasteiger partial charge is 0.266 e. The largest absolute Gasteiger partial charge is 0.333 e. The molecule has 33 heavy (non-hydrogen) atoms. The lowest BCUT2D eigenvalue weighted by Crippen LogP contribution is -2.37. The standard InChI is InChI=1S/C27H34FN3O2/c1-4-6-7-8-9-10-19-25(32)30(5-2)20(3)26-29-23-17-13-11-15-21(23)27(33)31(26)24-18-14-12-16-22(24)28/h11-18,20H,4-10,19H2,1-3H3. The molecule has 3 rings (SSSR count).